The number of aliphatic hydroxyl groups is 3. The van der Waals surface area contributed by atoms with Crippen molar-refractivity contribution >= 4 is 22.9 Å². The molecule has 0 bridgehead atoms. The second-order valence-electron chi connectivity index (χ2n) is 7.19. The first kappa shape index (κ1) is 19.9. The maximum Gasteiger partial charge on any atom is 0.280 e. The quantitative estimate of drug-likeness (QED) is 0.291. The van der Waals surface area contributed by atoms with Gasteiger partial charge in [-0.15, -0.1) is 0 Å². The Morgan fingerprint density at radius 3 is 2.76 bits per heavy atom. The average molecular weight is 409 g/mol. The number of carbonyl (C=O) groups is 1. The number of anilines is 1. The molecule has 0 saturated carbocycles. The van der Waals surface area contributed by atoms with Crippen molar-refractivity contribution in [3.8, 4) is 0 Å². The van der Waals surface area contributed by atoms with Crippen LogP contribution in [0.25, 0.3) is 11.2 Å². The van der Waals surface area contributed by atoms with E-state index in [1.165, 1.54) is 10.9 Å². The summed E-state index contributed by atoms with van der Waals surface area (Å²) in [6.45, 7) is 2.17. The van der Waals surface area contributed by atoms with Crippen molar-refractivity contribution in [2.75, 3.05) is 38.5 Å². The van der Waals surface area contributed by atoms with E-state index in [1.54, 1.807) is 4.90 Å². The molecule has 158 valence electrons. The molecule has 0 radical (unpaired) electrons. The Bertz CT molecular complexity index is 1000. The van der Waals surface area contributed by atoms with Gasteiger partial charge in [-0.3, -0.25) is 24.0 Å². The Morgan fingerprint density at radius 2 is 2.14 bits per heavy atom. The van der Waals surface area contributed by atoms with E-state index in [1.807, 2.05) is 0 Å². The third-order valence-electron chi connectivity index (χ3n) is 5.61. The standard InChI is InChI=1S/C16H23N7O6/c1-8(25)15(28)11(26)9(6-24)29-16(15,22-4-2-18-3-5-22)23-7-19-10-12(23)20-14(17)21-13(10)27/h7,9,11,18,24,26,28H,2-6H2,1H3,(H3,17,20,21,27)/t9-,11-,15-,16+/m1/s1. The summed E-state index contributed by atoms with van der Waals surface area (Å²) < 4.78 is 7.25. The zero-order chi connectivity index (χ0) is 21.0. The Balaban J connectivity index is 2.05. The van der Waals surface area contributed by atoms with Gasteiger partial charge in [0.1, 0.15) is 18.5 Å². The number of hydrogen-bond donors (Lipinski definition) is 6. The summed E-state index contributed by atoms with van der Waals surface area (Å²) in [5.41, 5.74) is 2.49. The summed E-state index contributed by atoms with van der Waals surface area (Å²) in [5, 5.41) is 35.2. The molecule has 0 aromatic carbocycles. The van der Waals surface area contributed by atoms with E-state index in [0.29, 0.717) is 26.2 Å². The van der Waals surface area contributed by atoms with Crippen molar-refractivity contribution in [2.45, 2.75) is 30.6 Å². The number of fused-ring (bicyclic) bond motifs is 1. The number of aliphatic hydroxyl groups excluding tert-OH is 2. The highest BCUT2D eigenvalue weighted by atomic mass is 16.6. The van der Waals surface area contributed by atoms with Crippen molar-refractivity contribution in [2.24, 2.45) is 0 Å². The van der Waals surface area contributed by atoms with Crippen molar-refractivity contribution in [3.63, 3.8) is 0 Å². The molecule has 13 nitrogen and oxygen atoms in total. The molecule has 4 heterocycles. The number of imidazole rings is 1. The number of piperazine rings is 1. The molecule has 0 spiro atoms. The van der Waals surface area contributed by atoms with Crippen LogP contribution in [0.4, 0.5) is 5.95 Å². The number of hydrogen-bond acceptors (Lipinski definition) is 11. The van der Waals surface area contributed by atoms with Crippen molar-refractivity contribution in [3.05, 3.63) is 16.7 Å². The number of aromatic amines is 1. The number of Topliss-reactive ketones (excluding diaryl/α,β-unsaturated/α-hetero) is 1. The third-order valence-corrected chi connectivity index (χ3v) is 5.61. The number of carbonyl (C=O) groups excluding carboxylic acids is 1. The van der Waals surface area contributed by atoms with E-state index in [2.05, 4.69) is 20.3 Å². The minimum atomic E-state index is -2.48. The van der Waals surface area contributed by atoms with Gasteiger partial charge >= 0.3 is 0 Å². The topological polar surface area (TPSA) is 192 Å². The Kier molecular flexibility index (Phi) is 4.68. The molecule has 4 rings (SSSR count). The van der Waals surface area contributed by atoms with Crippen LogP contribution in [0.5, 0.6) is 0 Å². The van der Waals surface area contributed by atoms with Gasteiger partial charge in [-0.25, -0.2) is 4.98 Å². The van der Waals surface area contributed by atoms with E-state index in [4.69, 9.17) is 10.5 Å². The SMILES string of the molecule is CC(=O)[C@@]1(O)[C@H](O)[C@@H](CO)O[C@@]1(N1CCNCC1)n1cnc2c(=O)[nH]c(N)nc21. The third kappa shape index (κ3) is 2.56. The minimum absolute atomic E-state index is 0.0322. The molecule has 0 amide bonds. The number of ether oxygens (including phenoxy) is 1. The highest BCUT2D eigenvalue weighted by Crippen LogP contribution is 2.47. The van der Waals surface area contributed by atoms with Crippen LogP contribution in [0.15, 0.2) is 11.1 Å². The number of ketones is 1. The maximum atomic E-state index is 12.7. The summed E-state index contributed by atoms with van der Waals surface area (Å²) in [6, 6.07) is 0. The van der Waals surface area contributed by atoms with Crippen molar-refractivity contribution < 1.29 is 24.9 Å². The maximum absolute atomic E-state index is 12.7. The lowest BCUT2D eigenvalue weighted by atomic mass is 9.85. The van der Waals surface area contributed by atoms with Crippen LogP contribution >= 0.6 is 0 Å². The fourth-order valence-corrected chi connectivity index (χ4v) is 4.23. The van der Waals surface area contributed by atoms with Crippen LogP contribution in [0.1, 0.15) is 6.92 Å². The molecule has 13 heteroatoms. The zero-order valence-corrected chi connectivity index (χ0v) is 15.7. The van der Waals surface area contributed by atoms with Gasteiger partial charge in [-0.2, -0.15) is 4.98 Å². The summed E-state index contributed by atoms with van der Waals surface area (Å²) in [6.07, 6.45) is -1.80. The van der Waals surface area contributed by atoms with E-state index in [-0.39, 0.29) is 17.1 Å². The predicted molar refractivity (Wildman–Crippen MR) is 98.6 cm³/mol. The molecule has 2 aromatic rings. The molecule has 7 N–H and O–H groups in total. The second kappa shape index (κ2) is 6.83. The molecule has 2 aromatic heterocycles. The van der Waals surface area contributed by atoms with Gasteiger partial charge in [0, 0.05) is 26.2 Å². The van der Waals surface area contributed by atoms with Gasteiger partial charge in [-0.05, 0) is 6.92 Å². The number of nitrogens with two attached hydrogens (primary N) is 1. The Hall–Kier alpha value is -2.42. The highest BCUT2D eigenvalue weighted by molar-refractivity contribution is 5.87. The Labute approximate surface area is 164 Å². The summed E-state index contributed by atoms with van der Waals surface area (Å²) in [7, 11) is 0. The number of H-pyrrole nitrogens is 1. The first-order chi connectivity index (χ1) is 13.8. The fraction of sp³-hybridized carbons (Fsp3) is 0.625. The van der Waals surface area contributed by atoms with Crippen LogP contribution in [-0.4, -0.2) is 96.1 Å². The van der Waals surface area contributed by atoms with Gasteiger partial charge in [0.2, 0.25) is 17.4 Å². The lowest BCUT2D eigenvalue weighted by Gasteiger charge is -2.49. The molecule has 2 fully saturated rings. The summed E-state index contributed by atoms with van der Waals surface area (Å²) in [4.78, 5) is 37.1. The molecular formula is C16H23N7O6. The number of nitrogen functional groups attached to an aromatic ring is 1. The van der Waals surface area contributed by atoms with Crippen LogP contribution in [0, 0.1) is 0 Å². The molecule has 2 aliphatic heterocycles. The average Bonchev–Trinajstić information content (AvgIpc) is 3.22. The number of rotatable bonds is 4. The molecule has 0 aliphatic carbocycles. The van der Waals surface area contributed by atoms with E-state index in [0.717, 1.165) is 6.92 Å². The van der Waals surface area contributed by atoms with Crippen molar-refractivity contribution in [1.82, 2.24) is 29.7 Å². The van der Waals surface area contributed by atoms with Crippen LogP contribution in [0.3, 0.4) is 0 Å². The van der Waals surface area contributed by atoms with E-state index < -0.39 is 41.6 Å². The largest absolute Gasteiger partial charge is 0.394 e. The predicted octanol–water partition coefficient (Wildman–Crippen LogP) is -3.71. The normalized spacial score (nSPS) is 33.4. The Morgan fingerprint density at radius 1 is 1.45 bits per heavy atom. The molecule has 0 unspecified atom stereocenters. The minimum Gasteiger partial charge on any atom is -0.394 e. The lowest BCUT2D eigenvalue weighted by molar-refractivity contribution is -0.272. The molecule has 4 atom stereocenters. The van der Waals surface area contributed by atoms with Gasteiger partial charge < -0.3 is 31.1 Å². The van der Waals surface area contributed by atoms with E-state index >= 15 is 0 Å². The highest BCUT2D eigenvalue weighted by Gasteiger charge is 2.72. The van der Waals surface area contributed by atoms with Gasteiger partial charge in [0.05, 0.1) is 6.61 Å². The molecule has 2 aliphatic rings. The van der Waals surface area contributed by atoms with Crippen LogP contribution in [0.2, 0.25) is 0 Å². The summed E-state index contributed by atoms with van der Waals surface area (Å²) >= 11 is 0. The van der Waals surface area contributed by atoms with E-state index in [9.17, 15) is 24.9 Å². The monoisotopic (exact) mass is 409 g/mol. The first-order valence-corrected chi connectivity index (χ1v) is 9.16. The number of nitrogens with one attached hydrogen (secondary N) is 2. The molecule has 2 saturated heterocycles. The summed E-state index contributed by atoms with van der Waals surface area (Å²) in [5.74, 6) is -2.97. The smallest absolute Gasteiger partial charge is 0.280 e. The van der Waals surface area contributed by atoms with Crippen LogP contribution < -0.4 is 16.6 Å². The fourth-order valence-electron chi connectivity index (χ4n) is 4.23. The van der Waals surface area contributed by atoms with Gasteiger partial charge in [0.25, 0.3) is 5.56 Å². The second-order valence-corrected chi connectivity index (χ2v) is 7.19. The molecule has 29 heavy (non-hydrogen) atoms. The van der Waals surface area contributed by atoms with Crippen molar-refractivity contribution in [1.29, 1.82) is 0 Å². The first-order valence-electron chi connectivity index (χ1n) is 9.16. The van der Waals surface area contributed by atoms with Gasteiger partial charge in [0.15, 0.2) is 16.9 Å². The van der Waals surface area contributed by atoms with Gasteiger partial charge in [-0.1, -0.05) is 0 Å². The number of nitrogens with zero attached hydrogens (tertiary/aromatic N) is 4. The van der Waals surface area contributed by atoms with Crippen LogP contribution in [-0.2, 0) is 15.4 Å². The number of aromatic nitrogens is 4. The lowest BCUT2D eigenvalue weighted by Crippen LogP contribution is -2.71. The molecular weight excluding hydrogens is 386 g/mol. The zero-order valence-electron chi connectivity index (χ0n) is 15.7.